The van der Waals surface area contributed by atoms with E-state index in [1.165, 1.54) is 0 Å². The molecule has 0 aliphatic heterocycles. The lowest BCUT2D eigenvalue weighted by atomic mass is 9.96. The number of hydrogen-bond acceptors (Lipinski definition) is 5. The lowest BCUT2D eigenvalue weighted by Crippen LogP contribution is -2.44. The summed E-state index contributed by atoms with van der Waals surface area (Å²) in [4.78, 5) is 24.3. The van der Waals surface area contributed by atoms with E-state index in [0.717, 1.165) is 18.5 Å². The Hall–Kier alpha value is -2.04. The van der Waals surface area contributed by atoms with Crippen LogP contribution in [0.15, 0.2) is 30.3 Å². The first-order chi connectivity index (χ1) is 10.1. The van der Waals surface area contributed by atoms with Crippen molar-refractivity contribution >= 4 is 17.6 Å². The van der Waals surface area contributed by atoms with Gasteiger partial charge in [0.2, 0.25) is 0 Å². The van der Waals surface area contributed by atoms with E-state index in [2.05, 4.69) is 5.32 Å². The van der Waals surface area contributed by atoms with E-state index in [4.69, 9.17) is 9.47 Å². The van der Waals surface area contributed by atoms with Crippen LogP contribution in [0, 0.1) is 5.92 Å². The minimum atomic E-state index is -0.919. The average molecular weight is 291 g/mol. The molecule has 5 heteroatoms. The molecule has 0 unspecified atom stereocenters. The minimum Gasteiger partial charge on any atom is -0.465 e. The van der Waals surface area contributed by atoms with E-state index in [1.807, 2.05) is 30.3 Å². The van der Waals surface area contributed by atoms with Crippen molar-refractivity contribution in [3.05, 3.63) is 30.3 Å². The molecule has 0 amide bonds. The second kappa shape index (κ2) is 6.61. The largest absolute Gasteiger partial charge is 0.465 e. The number of esters is 2. The van der Waals surface area contributed by atoms with Gasteiger partial charge in [0.05, 0.1) is 18.8 Å². The third-order valence-corrected chi connectivity index (χ3v) is 3.55. The van der Waals surface area contributed by atoms with Gasteiger partial charge >= 0.3 is 11.9 Å². The van der Waals surface area contributed by atoms with Crippen molar-refractivity contribution in [3.8, 4) is 0 Å². The number of nitrogens with one attached hydrogen (secondary N) is 1. The van der Waals surface area contributed by atoms with Gasteiger partial charge < -0.3 is 14.8 Å². The number of para-hydroxylation sites is 1. The Morgan fingerprint density at radius 3 is 2.05 bits per heavy atom. The highest BCUT2D eigenvalue weighted by molar-refractivity contribution is 5.98. The first-order valence-electron chi connectivity index (χ1n) is 7.29. The fraction of sp³-hybridized carbons (Fsp3) is 0.500. The predicted octanol–water partition coefficient (Wildman–Crippen LogP) is 2.37. The number of hydrogen-bond donors (Lipinski definition) is 1. The van der Waals surface area contributed by atoms with Crippen LogP contribution in [-0.4, -0.2) is 30.7 Å². The number of rotatable bonds is 7. The van der Waals surface area contributed by atoms with Crippen LogP contribution in [0.5, 0.6) is 0 Å². The van der Waals surface area contributed by atoms with Crippen LogP contribution in [0.3, 0.4) is 0 Å². The summed E-state index contributed by atoms with van der Waals surface area (Å²) in [6, 6.07) is 9.55. The molecule has 0 atom stereocenters. The SMILES string of the molecule is CCOC(=O)C(C(=O)OCC)C1(Nc2ccccc2)CC1. The molecule has 0 spiro atoms. The topological polar surface area (TPSA) is 64.6 Å². The molecule has 0 heterocycles. The van der Waals surface area contributed by atoms with Crippen LogP contribution in [0.2, 0.25) is 0 Å². The van der Waals surface area contributed by atoms with E-state index in [-0.39, 0.29) is 13.2 Å². The Bertz CT molecular complexity index is 478. The second-order valence-electron chi connectivity index (χ2n) is 5.08. The zero-order valence-electron chi connectivity index (χ0n) is 12.4. The van der Waals surface area contributed by atoms with Gasteiger partial charge in [0.25, 0.3) is 0 Å². The van der Waals surface area contributed by atoms with Gasteiger partial charge in [-0.05, 0) is 38.8 Å². The molecule has 1 N–H and O–H groups in total. The van der Waals surface area contributed by atoms with Gasteiger partial charge in [-0.25, -0.2) is 0 Å². The number of anilines is 1. The van der Waals surface area contributed by atoms with Crippen molar-refractivity contribution in [3.63, 3.8) is 0 Å². The molecule has 5 nitrogen and oxygen atoms in total. The van der Waals surface area contributed by atoms with E-state index in [1.54, 1.807) is 13.8 Å². The standard InChI is InChI=1S/C16H21NO4/c1-3-20-14(18)13(15(19)21-4-2)16(10-11-16)17-12-8-6-5-7-9-12/h5-9,13,17H,3-4,10-11H2,1-2H3. The molecule has 21 heavy (non-hydrogen) atoms. The maximum absolute atomic E-state index is 12.2. The summed E-state index contributed by atoms with van der Waals surface area (Å²) in [7, 11) is 0. The van der Waals surface area contributed by atoms with Crippen LogP contribution >= 0.6 is 0 Å². The number of benzene rings is 1. The Kier molecular flexibility index (Phi) is 4.83. The summed E-state index contributed by atoms with van der Waals surface area (Å²) in [6.45, 7) is 3.95. The average Bonchev–Trinajstić information content (AvgIpc) is 3.21. The molecule has 0 aromatic heterocycles. The third kappa shape index (κ3) is 3.54. The van der Waals surface area contributed by atoms with Crippen molar-refractivity contribution < 1.29 is 19.1 Å². The fourth-order valence-corrected chi connectivity index (χ4v) is 2.43. The maximum Gasteiger partial charge on any atom is 0.322 e. The zero-order chi connectivity index (χ0) is 15.3. The highest BCUT2D eigenvalue weighted by Crippen LogP contribution is 2.46. The number of carbonyl (C=O) groups excluding carboxylic acids is 2. The molecule has 1 aliphatic carbocycles. The lowest BCUT2D eigenvalue weighted by Gasteiger charge is -2.25. The fourth-order valence-electron chi connectivity index (χ4n) is 2.43. The quantitative estimate of drug-likeness (QED) is 0.617. The lowest BCUT2D eigenvalue weighted by molar-refractivity contribution is -0.162. The number of ether oxygens (including phenoxy) is 2. The van der Waals surface area contributed by atoms with Gasteiger partial charge in [-0.1, -0.05) is 18.2 Å². The van der Waals surface area contributed by atoms with Crippen LogP contribution in [0.4, 0.5) is 5.69 Å². The molecule has 0 bridgehead atoms. The summed E-state index contributed by atoms with van der Waals surface area (Å²) >= 11 is 0. The summed E-state index contributed by atoms with van der Waals surface area (Å²) in [5, 5.41) is 3.31. The highest BCUT2D eigenvalue weighted by Gasteiger charge is 2.57. The van der Waals surface area contributed by atoms with Crippen LogP contribution in [-0.2, 0) is 19.1 Å². The summed E-state index contributed by atoms with van der Waals surface area (Å²) in [6.07, 6.45) is 1.48. The van der Waals surface area contributed by atoms with Crippen molar-refractivity contribution in [2.24, 2.45) is 5.92 Å². The summed E-state index contributed by atoms with van der Waals surface area (Å²) in [5.74, 6) is -1.95. The van der Waals surface area contributed by atoms with E-state index < -0.39 is 23.4 Å². The highest BCUT2D eigenvalue weighted by atomic mass is 16.6. The molecular weight excluding hydrogens is 270 g/mol. The molecule has 0 radical (unpaired) electrons. The molecular formula is C16H21NO4. The Labute approximate surface area is 124 Å². The predicted molar refractivity (Wildman–Crippen MR) is 78.8 cm³/mol. The van der Waals surface area contributed by atoms with Crippen molar-refractivity contribution in [2.75, 3.05) is 18.5 Å². The maximum atomic E-state index is 12.2. The Morgan fingerprint density at radius 2 is 1.62 bits per heavy atom. The molecule has 1 aliphatic rings. The molecule has 114 valence electrons. The summed E-state index contributed by atoms with van der Waals surface area (Å²) < 4.78 is 10.1. The van der Waals surface area contributed by atoms with E-state index in [0.29, 0.717) is 0 Å². The first kappa shape index (κ1) is 15.4. The van der Waals surface area contributed by atoms with Gasteiger partial charge in [-0.15, -0.1) is 0 Å². The van der Waals surface area contributed by atoms with E-state index >= 15 is 0 Å². The van der Waals surface area contributed by atoms with Crippen molar-refractivity contribution in [1.29, 1.82) is 0 Å². The van der Waals surface area contributed by atoms with Crippen LogP contribution in [0.25, 0.3) is 0 Å². The monoisotopic (exact) mass is 291 g/mol. The first-order valence-corrected chi connectivity index (χ1v) is 7.29. The second-order valence-corrected chi connectivity index (χ2v) is 5.08. The molecule has 2 rings (SSSR count). The Morgan fingerprint density at radius 1 is 1.10 bits per heavy atom. The third-order valence-electron chi connectivity index (χ3n) is 3.55. The van der Waals surface area contributed by atoms with Gasteiger partial charge in [0.15, 0.2) is 5.92 Å². The van der Waals surface area contributed by atoms with Gasteiger partial charge in [0, 0.05) is 5.69 Å². The van der Waals surface area contributed by atoms with Crippen LogP contribution in [0.1, 0.15) is 26.7 Å². The molecule has 1 aromatic rings. The normalized spacial score (nSPS) is 15.4. The molecule has 1 saturated carbocycles. The molecule has 0 saturated heterocycles. The smallest absolute Gasteiger partial charge is 0.322 e. The van der Waals surface area contributed by atoms with Gasteiger partial charge in [-0.2, -0.15) is 0 Å². The molecule has 1 aromatic carbocycles. The zero-order valence-corrected chi connectivity index (χ0v) is 12.4. The van der Waals surface area contributed by atoms with Gasteiger partial charge in [-0.3, -0.25) is 9.59 Å². The Balaban J connectivity index is 2.19. The van der Waals surface area contributed by atoms with E-state index in [9.17, 15) is 9.59 Å². The number of carbonyl (C=O) groups is 2. The van der Waals surface area contributed by atoms with Crippen molar-refractivity contribution in [1.82, 2.24) is 0 Å². The molecule has 1 fully saturated rings. The van der Waals surface area contributed by atoms with Crippen LogP contribution < -0.4 is 5.32 Å². The van der Waals surface area contributed by atoms with Gasteiger partial charge in [0.1, 0.15) is 0 Å². The minimum absolute atomic E-state index is 0.246. The summed E-state index contributed by atoms with van der Waals surface area (Å²) in [5.41, 5.74) is 0.299. The van der Waals surface area contributed by atoms with Crippen molar-refractivity contribution in [2.45, 2.75) is 32.2 Å².